The molecule has 9 heteroatoms. The summed E-state index contributed by atoms with van der Waals surface area (Å²) in [4.78, 5) is 29.8. The summed E-state index contributed by atoms with van der Waals surface area (Å²) in [6.45, 7) is -0.00721. The number of carboxylic acids is 1. The number of rotatable bonds is 5. The van der Waals surface area contributed by atoms with Crippen LogP contribution in [0, 0.1) is 0 Å². The van der Waals surface area contributed by atoms with E-state index in [1.165, 1.54) is 12.1 Å². The first-order valence-corrected chi connectivity index (χ1v) is 8.65. The molecular formula is C16H13N3O5S. The second kappa shape index (κ2) is 6.46. The van der Waals surface area contributed by atoms with Crippen LogP contribution < -0.4 is 10.2 Å². The van der Waals surface area contributed by atoms with Crippen LogP contribution >= 0.6 is 0 Å². The third kappa shape index (κ3) is 3.42. The third-order valence-electron chi connectivity index (χ3n) is 3.56. The molecule has 2 heterocycles. The first-order valence-electron chi connectivity index (χ1n) is 7.17. The van der Waals surface area contributed by atoms with Crippen molar-refractivity contribution in [2.45, 2.75) is 11.4 Å². The zero-order valence-electron chi connectivity index (χ0n) is 12.8. The molecule has 3 aromatic rings. The van der Waals surface area contributed by atoms with E-state index in [-0.39, 0.29) is 16.8 Å². The SMILES string of the molecule is O=C(O)c1c[nH]c2ccc(S(=O)(=O)NCc3ccccn3)cc2c1=O. The van der Waals surface area contributed by atoms with Crippen LogP contribution in [0.5, 0.6) is 0 Å². The first-order chi connectivity index (χ1) is 11.9. The molecule has 8 nitrogen and oxygen atoms in total. The summed E-state index contributed by atoms with van der Waals surface area (Å²) in [5.74, 6) is -1.38. The molecule has 0 saturated carbocycles. The van der Waals surface area contributed by atoms with E-state index in [2.05, 4.69) is 14.7 Å². The molecule has 2 aromatic heterocycles. The average Bonchev–Trinajstić information content (AvgIpc) is 2.61. The molecule has 0 aliphatic heterocycles. The molecule has 0 spiro atoms. The fourth-order valence-electron chi connectivity index (χ4n) is 2.28. The van der Waals surface area contributed by atoms with Crippen LogP contribution in [-0.4, -0.2) is 29.5 Å². The van der Waals surface area contributed by atoms with E-state index < -0.39 is 27.0 Å². The van der Waals surface area contributed by atoms with Gasteiger partial charge in [-0.05, 0) is 30.3 Å². The Bertz CT molecular complexity index is 1110. The summed E-state index contributed by atoms with van der Waals surface area (Å²) in [5, 5.41) is 8.99. The van der Waals surface area contributed by atoms with E-state index in [1.807, 2.05) is 0 Å². The summed E-state index contributed by atoms with van der Waals surface area (Å²) < 4.78 is 27.2. The van der Waals surface area contributed by atoms with Gasteiger partial charge in [0, 0.05) is 23.3 Å². The van der Waals surface area contributed by atoms with Crippen molar-refractivity contribution in [3.8, 4) is 0 Å². The van der Waals surface area contributed by atoms with Crippen LogP contribution in [0.15, 0.2) is 58.5 Å². The van der Waals surface area contributed by atoms with Crippen LogP contribution in [0.3, 0.4) is 0 Å². The Morgan fingerprint density at radius 2 is 2.04 bits per heavy atom. The van der Waals surface area contributed by atoms with Gasteiger partial charge in [-0.1, -0.05) is 6.07 Å². The van der Waals surface area contributed by atoms with Gasteiger partial charge in [0.2, 0.25) is 15.5 Å². The molecule has 0 bridgehead atoms. The summed E-state index contributed by atoms with van der Waals surface area (Å²) in [6.07, 6.45) is 2.63. The van der Waals surface area contributed by atoms with Gasteiger partial charge in [-0.15, -0.1) is 0 Å². The molecule has 25 heavy (non-hydrogen) atoms. The number of aromatic nitrogens is 2. The van der Waals surface area contributed by atoms with Crippen molar-refractivity contribution < 1.29 is 18.3 Å². The number of hydrogen-bond acceptors (Lipinski definition) is 5. The van der Waals surface area contributed by atoms with Crippen molar-refractivity contribution in [1.82, 2.24) is 14.7 Å². The zero-order chi connectivity index (χ0) is 18.0. The predicted molar refractivity (Wildman–Crippen MR) is 89.8 cm³/mol. The van der Waals surface area contributed by atoms with Gasteiger partial charge >= 0.3 is 5.97 Å². The minimum Gasteiger partial charge on any atom is -0.477 e. The smallest absolute Gasteiger partial charge is 0.341 e. The quantitative estimate of drug-likeness (QED) is 0.625. The van der Waals surface area contributed by atoms with Gasteiger partial charge in [-0.25, -0.2) is 17.9 Å². The zero-order valence-corrected chi connectivity index (χ0v) is 13.6. The number of benzene rings is 1. The number of aromatic amines is 1. The number of carboxylic acid groups (broad SMARTS) is 1. The molecule has 0 aliphatic rings. The highest BCUT2D eigenvalue weighted by Crippen LogP contribution is 2.16. The van der Waals surface area contributed by atoms with Crippen molar-refractivity contribution >= 4 is 26.9 Å². The lowest BCUT2D eigenvalue weighted by Crippen LogP contribution is -2.24. The van der Waals surface area contributed by atoms with Crippen LogP contribution in [0.25, 0.3) is 10.9 Å². The largest absolute Gasteiger partial charge is 0.477 e. The second-order valence-corrected chi connectivity index (χ2v) is 6.96. The maximum Gasteiger partial charge on any atom is 0.341 e. The minimum absolute atomic E-state index is 0.00721. The number of H-pyrrole nitrogens is 1. The Kier molecular flexibility index (Phi) is 4.34. The monoisotopic (exact) mass is 359 g/mol. The fraction of sp³-hybridized carbons (Fsp3) is 0.0625. The first kappa shape index (κ1) is 16.8. The van der Waals surface area contributed by atoms with Gasteiger partial charge in [-0.3, -0.25) is 9.78 Å². The van der Waals surface area contributed by atoms with E-state index in [1.54, 1.807) is 24.4 Å². The molecule has 128 valence electrons. The Morgan fingerprint density at radius 1 is 1.24 bits per heavy atom. The molecular weight excluding hydrogens is 346 g/mol. The van der Waals surface area contributed by atoms with Crippen LogP contribution in [0.2, 0.25) is 0 Å². The molecule has 3 N–H and O–H groups in total. The number of aromatic carboxylic acids is 1. The van der Waals surface area contributed by atoms with E-state index in [4.69, 9.17) is 5.11 Å². The van der Waals surface area contributed by atoms with E-state index in [0.29, 0.717) is 11.2 Å². The van der Waals surface area contributed by atoms with Crippen molar-refractivity contribution in [3.63, 3.8) is 0 Å². The normalized spacial score (nSPS) is 11.5. The van der Waals surface area contributed by atoms with Gasteiger partial charge in [0.25, 0.3) is 0 Å². The Hall–Kier alpha value is -3.04. The number of pyridine rings is 2. The molecule has 1 aromatic carbocycles. The summed E-state index contributed by atoms with van der Waals surface area (Å²) >= 11 is 0. The Balaban J connectivity index is 1.98. The summed E-state index contributed by atoms with van der Waals surface area (Å²) in [5.41, 5.74) is -0.317. The molecule has 0 fully saturated rings. The maximum atomic E-state index is 12.4. The van der Waals surface area contributed by atoms with Crippen molar-refractivity contribution in [2.75, 3.05) is 0 Å². The number of nitrogens with zero attached hydrogens (tertiary/aromatic N) is 1. The second-order valence-electron chi connectivity index (χ2n) is 5.19. The maximum absolute atomic E-state index is 12.4. The number of hydrogen-bond donors (Lipinski definition) is 3. The number of sulfonamides is 1. The predicted octanol–water partition coefficient (Wildman–Crippen LogP) is 1.10. The third-order valence-corrected chi connectivity index (χ3v) is 4.96. The molecule has 0 radical (unpaired) electrons. The summed E-state index contributed by atoms with van der Waals surface area (Å²) in [6, 6.07) is 9.03. The van der Waals surface area contributed by atoms with Crippen LogP contribution in [-0.2, 0) is 16.6 Å². The lowest BCUT2D eigenvalue weighted by Gasteiger charge is -2.08. The van der Waals surface area contributed by atoms with Crippen molar-refractivity contribution in [3.05, 3.63) is 70.3 Å². The molecule has 0 aliphatic carbocycles. The highest BCUT2D eigenvalue weighted by atomic mass is 32.2. The van der Waals surface area contributed by atoms with Crippen LogP contribution in [0.4, 0.5) is 0 Å². The molecule has 0 atom stereocenters. The van der Waals surface area contributed by atoms with E-state index >= 15 is 0 Å². The van der Waals surface area contributed by atoms with Gasteiger partial charge in [0.05, 0.1) is 17.1 Å². The Morgan fingerprint density at radius 3 is 2.72 bits per heavy atom. The number of carbonyl (C=O) groups is 1. The van der Waals surface area contributed by atoms with Gasteiger partial charge in [0.15, 0.2) is 0 Å². The lowest BCUT2D eigenvalue weighted by atomic mass is 10.1. The topological polar surface area (TPSA) is 129 Å². The van der Waals surface area contributed by atoms with Gasteiger partial charge in [0.1, 0.15) is 5.56 Å². The van der Waals surface area contributed by atoms with Crippen molar-refractivity contribution in [1.29, 1.82) is 0 Å². The standard InChI is InChI=1S/C16H13N3O5S/c20-15-12-7-11(4-5-14(12)18-9-13(15)16(21)22)25(23,24)19-8-10-3-1-2-6-17-10/h1-7,9,19H,8H2,(H,18,20)(H,21,22). The highest BCUT2D eigenvalue weighted by Gasteiger charge is 2.17. The van der Waals surface area contributed by atoms with Gasteiger partial charge in [-0.2, -0.15) is 0 Å². The average molecular weight is 359 g/mol. The summed E-state index contributed by atoms with van der Waals surface area (Å²) in [7, 11) is -3.89. The van der Waals surface area contributed by atoms with Gasteiger partial charge < -0.3 is 10.1 Å². The Labute approximate surface area is 142 Å². The van der Waals surface area contributed by atoms with Crippen LogP contribution in [0.1, 0.15) is 16.1 Å². The van der Waals surface area contributed by atoms with E-state index in [9.17, 15) is 18.0 Å². The molecule has 0 unspecified atom stereocenters. The lowest BCUT2D eigenvalue weighted by molar-refractivity contribution is 0.0695. The minimum atomic E-state index is -3.89. The van der Waals surface area contributed by atoms with Crippen molar-refractivity contribution in [2.24, 2.45) is 0 Å². The molecule has 0 saturated heterocycles. The number of nitrogens with one attached hydrogen (secondary N) is 2. The molecule has 3 rings (SSSR count). The molecule has 0 amide bonds. The number of fused-ring (bicyclic) bond motifs is 1. The highest BCUT2D eigenvalue weighted by molar-refractivity contribution is 7.89. The van der Waals surface area contributed by atoms with E-state index in [0.717, 1.165) is 12.3 Å². The fourth-order valence-corrected chi connectivity index (χ4v) is 3.30.